The number of non-ortho nitro benzene ring substituents is 1. The van der Waals surface area contributed by atoms with Crippen LogP contribution in [0.4, 0.5) is 18.9 Å². The van der Waals surface area contributed by atoms with Crippen molar-refractivity contribution in [1.82, 2.24) is 9.80 Å². The maximum absolute atomic E-state index is 14.9. The second kappa shape index (κ2) is 18.3. The highest BCUT2D eigenvalue weighted by Crippen LogP contribution is 2.49. The Bertz CT molecular complexity index is 2280. The van der Waals surface area contributed by atoms with Gasteiger partial charge in [-0.3, -0.25) is 19.7 Å². The van der Waals surface area contributed by atoms with Crippen molar-refractivity contribution in [2.24, 2.45) is 17.8 Å². The Morgan fingerprint density at radius 3 is 2.03 bits per heavy atom. The van der Waals surface area contributed by atoms with E-state index in [2.05, 4.69) is 0 Å². The number of carbonyl (C=O) groups is 4. The maximum atomic E-state index is 14.9. The lowest BCUT2D eigenvalue weighted by molar-refractivity contribution is -0.384. The topological polar surface area (TPSA) is 146 Å². The van der Waals surface area contributed by atoms with Crippen LogP contribution in [-0.4, -0.2) is 64.5 Å². The summed E-state index contributed by atoms with van der Waals surface area (Å²) in [5.41, 5.74) is -0.349. The molecule has 60 heavy (non-hydrogen) atoms. The number of fused-ring (bicyclic) bond motifs is 1. The molecule has 15 heteroatoms. The second-order valence-corrected chi connectivity index (χ2v) is 15.2. The van der Waals surface area contributed by atoms with Gasteiger partial charge in [0.15, 0.2) is 17.3 Å². The smallest absolute Gasteiger partial charge is 0.420 e. The van der Waals surface area contributed by atoms with Crippen LogP contribution in [0, 0.1) is 27.9 Å². The van der Waals surface area contributed by atoms with Crippen LogP contribution in [0.2, 0.25) is 0 Å². The number of esters is 2. The molecule has 1 fully saturated rings. The molecule has 0 aliphatic carbocycles. The summed E-state index contributed by atoms with van der Waals surface area (Å²) in [5, 5.41) is 11.0. The fraction of sp³-hybridized carbons (Fsp3) is 0.333. The summed E-state index contributed by atoms with van der Waals surface area (Å²) in [7, 11) is 1.71. The number of nitrogens with zero attached hydrogens (tertiary/aromatic N) is 3. The van der Waals surface area contributed by atoms with Gasteiger partial charge in [-0.1, -0.05) is 81.4 Å². The molecule has 12 nitrogen and oxygen atoms in total. The van der Waals surface area contributed by atoms with Gasteiger partial charge in [0.1, 0.15) is 24.5 Å². The minimum absolute atomic E-state index is 0.0329. The van der Waals surface area contributed by atoms with Gasteiger partial charge in [0.25, 0.3) is 5.69 Å². The number of nitro benzene ring substituents is 1. The number of benzene rings is 4. The lowest BCUT2D eigenvalue weighted by atomic mass is 9.74. The number of β-lactam (4-membered cyclic amide) rings is 1. The summed E-state index contributed by atoms with van der Waals surface area (Å²) in [6.45, 7) is 5.77. The third kappa shape index (κ3) is 9.41. The number of likely N-dealkylation sites (N-methyl/N-ethyl adjacent to an activating group) is 1. The zero-order chi connectivity index (χ0) is 43.3. The molecule has 2 aliphatic heterocycles. The van der Waals surface area contributed by atoms with E-state index in [0.29, 0.717) is 11.1 Å². The van der Waals surface area contributed by atoms with Crippen molar-refractivity contribution in [2.75, 3.05) is 20.1 Å². The third-order valence-corrected chi connectivity index (χ3v) is 10.8. The fourth-order valence-corrected chi connectivity index (χ4v) is 7.75. The molecule has 0 radical (unpaired) electrons. The van der Waals surface area contributed by atoms with Crippen LogP contribution >= 0.6 is 0 Å². The van der Waals surface area contributed by atoms with Crippen molar-refractivity contribution in [3.8, 4) is 11.5 Å². The summed E-state index contributed by atoms with van der Waals surface area (Å²) in [4.78, 5) is 67.1. The fourth-order valence-electron chi connectivity index (χ4n) is 7.75. The quantitative estimate of drug-likeness (QED) is 0.0254. The van der Waals surface area contributed by atoms with Crippen molar-refractivity contribution in [1.29, 1.82) is 0 Å². The van der Waals surface area contributed by atoms with E-state index < -0.39 is 45.7 Å². The van der Waals surface area contributed by atoms with E-state index in [4.69, 9.17) is 14.2 Å². The normalized spacial score (nSPS) is 17.4. The molecule has 314 valence electrons. The molecule has 0 aromatic heterocycles. The Hall–Kier alpha value is -6.35. The van der Waals surface area contributed by atoms with Crippen LogP contribution in [0.5, 0.6) is 11.5 Å². The van der Waals surface area contributed by atoms with Crippen molar-refractivity contribution >= 4 is 29.3 Å². The van der Waals surface area contributed by atoms with Gasteiger partial charge in [-0.2, -0.15) is 13.2 Å². The number of halogens is 3. The van der Waals surface area contributed by atoms with Crippen molar-refractivity contribution in [3.63, 3.8) is 0 Å². The van der Waals surface area contributed by atoms with Crippen molar-refractivity contribution in [3.05, 3.63) is 146 Å². The minimum atomic E-state index is -4.98. The van der Waals surface area contributed by atoms with E-state index in [-0.39, 0.29) is 91.5 Å². The van der Waals surface area contributed by atoms with E-state index >= 15 is 0 Å². The monoisotopic (exact) mass is 827 g/mol. The molecule has 0 unspecified atom stereocenters. The molecule has 4 aromatic carbocycles. The van der Waals surface area contributed by atoms with Gasteiger partial charge >= 0.3 is 18.1 Å². The van der Waals surface area contributed by atoms with E-state index in [9.17, 15) is 42.5 Å². The number of carbonyl (C=O) groups excluding carboxylic acids is 4. The lowest BCUT2D eigenvalue weighted by Crippen LogP contribution is -2.62. The molecule has 2 aliphatic rings. The SMILES string of the molecule is CC(C)[C@H]1C(=O)N2C(C(=O)OC(=O)c3ccc([N+](=O)[O-])cc3)=C(CN(C)CCCC(=O)c3ccc(OCc4ccccc4)c(OCc4ccccc4)c3C(F)(F)F)[C@H](C)[C@H]12. The van der Waals surface area contributed by atoms with Crippen LogP contribution < -0.4 is 9.47 Å². The molecule has 0 N–H and O–H groups in total. The Balaban J connectivity index is 1.19. The molecule has 4 aromatic rings. The molecule has 6 rings (SSSR count). The van der Waals surface area contributed by atoms with Crippen LogP contribution in [0.15, 0.2) is 108 Å². The highest BCUT2D eigenvalue weighted by Gasteiger charge is 2.59. The molecule has 0 bridgehead atoms. The van der Waals surface area contributed by atoms with Gasteiger partial charge in [-0.25, -0.2) is 9.59 Å². The Morgan fingerprint density at radius 2 is 1.47 bits per heavy atom. The summed E-state index contributed by atoms with van der Waals surface area (Å²) in [5.74, 6) is -4.64. The number of rotatable bonds is 17. The molecule has 1 amide bonds. The largest absolute Gasteiger partial charge is 0.485 e. The number of hydrogen-bond donors (Lipinski definition) is 0. The molecule has 3 atom stereocenters. The predicted molar refractivity (Wildman–Crippen MR) is 213 cm³/mol. The van der Waals surface area contributed by atoms with Gasteiger partial charge in [-0.05, 0) is 66.9 Å². The van der Waals surface area contributed by atoms with Crippen LogP contribution in [0.3, 0.4) is 0 Å². The number of Topliss-reactive ketones (excluding diaryl/α,β-unsaturated/α-hetero) is 1. The average molecular weight is 828 g/mol. The number of amides is 1. The Kier molecular flexibility index (Phi) is 13.2. The van der Waals surface area contributed by atoms with Crippen molar-refractivity contribution in [2.45, 2.75) is 59.0 Å². The number of hydrogen-bond acceptors (Lipinski definition) is 10. The average Bonchev–Trinajstić information content (AvgIpc) is 3.45. The van der Waals surface area contributed by atoms with Gasteiger partial charge in [0.2, 0.25) is 5.91 Å². The van der Waals surface area contributed by atoms with Crippen molar-refractivity contribution < 1.29 is 51.5 Å². The standard InChI is InChI=1S/C45H44F3N3O9/c1-27(2)37-39-28(3)34(40(50(39)42(37)53)44(55)60-43(54)31-17-19-32(20-18-31)51(56)57)24-49(4)23-11-16-35(52)33-21-22-36(58-25-29-12-7-5-8-13-29)41(38(33)45(46,47)48)59-26-30-14-9-6-10-15-30/h5-10,12-15,17-22,27-28,37,39H,11,16,23-26H2,1-4H3/t28-,37+,39+/m0/s1. The predicted octanol–water partition coefficient (Wildman–Crippen LogP) is 8.44. The number of nitro groups is 1. The number of ketones is 1. The van der Waals surface area contributed by atoms with E-state index in [0.717, 1.165) is 35.9 Å². The first kappa shape index (κ1) is 43.2. The van der Waals surface area contributed by atoms with E-state index in [1.807, 2.05) is 20.8 Å². The molecule has 2 heterocycles. The highest BCUT2D eigenvalue weighted by molar-refractivity contribution is 6.06. The van der Waals surface area contributed by atoms with Crippen LogP contribution in [0.25, 0.3) is 0 Å². The first-order valence-electron chi connectivity index (χ1n) is 19.4. The molecule has 1 saturated heterocycles. The first-order chi connectivity index (χ1) is 28.6. The lowest BCUT2D eigenvalue weighted by Gasteiger charge is -2.47. The molecule has 0 spiro atoms. The third-order valence-electron chi connectivity index (χ3n) is 10.8. The zero-order valence-electron chi connectivity index (χ0n) is 33.4. The Morgan fingerprint density at radius 1 is 0.867 bits per heavy atom. The molecular weight excluding hydrogens is 784 g/mol. The number of ether oxygens (including phenoxy) is 3. The summed E-state index contributed by atoms with van der Waals surface area (Å²) in [6, 6.07) is 24.2. The molecular formula is C45H44F3N3O9. The summed E-state index contributed by atoms with van der Waals surface area (Å²) in [6.07, 6.45) is -5.10. The van der Waals surface area contributed by atoms with Gasteiger partial charge in [0.05, 0.1) is 22.4 Å². The Labute approximate surface area is 344 Å². The minimum Gasteiger partial charge on any atom is -0.485 e. The zero-order valence-corrected chi connectivity index (χ0v) is 33.4. The first-order valence-corrected chi connectivity index (χ1v) is 19.4. The van der Waals surface area contributed by atoms with Crippen LogP contribution in [-0.2, 0) is 33.7 Å². The summed E-state index contributed by atoms with van der Waals surface area (Å²) >= 11 is 0. The van der Waals surface area contributed by atoms with Gasteiger partial charge < -0.3 is 24.0 Å². The maximum Gasteiger partial charge on any atom is 0.420 e. The van der Waals surface area contributed by atoms with E-state index in [1.54, 1.807) is 72.6 Å². The van der Waals surface area contributed by atoms with E-state index in [1.165, 1.54) is 11.0 Å². The van der Waals surface area contributed by atoms with Gasteiger partial charge in [-0.15, -0.1) is 0 Å². The summed E-state index contributed by atoms with van der Waals surface area (Å²) < 4.78 is 61.7. The number of alkyl halides is 3. The second-order valence-electron chi connectivity index (χ2n) is 15.2. The molecule has 0 saturated carbocycles. The van der Waals surface area contributed by atoms with Gasteiger partial charge in [0, 0.05) is 36.6 Å². The highest BCUT2D eigenvalue weighted by atomic mass is 19.4. The van der Waals surface area contributed by atoms with Crippen LogP contribution in [0.1, 0.15) is 71.0 Å².